The van der Waals surface area contributed by atoms with Crippen LogP contribution in [0, 0.1) is 12.7 Å². The second-order valence-electron chi connectivity index (χ2n) is 4.86. The maximum Gasteiger partial charge on any atom is 0.358 e. The van der Waals surface area contributed by atoms with Gasteiger partial charge >= 0.3 is 5.97 Å². The minimum Gasteiger partial charge on any atom is -0.476 e. The van der Waals surface area contributed by atoms with Crippen molar-refractivity contribution >= 4 is 5.97 Å². The fourth-order valence-corrected chi connectivity index (χ4v) is 1.90. The van der Waals surface area contributed by atoms with Crippen LogP contribution in [-0.4, -0.2) is 32.6 Å². The summed E-state index contributed by atoms with van der Waals surface area (Å²) in [4.78, 5) is 10.7. The van der Waals surface area contributed by atoms with Crippen LogP contribution in [0.3, 0.4) is 0 Å². The van der Waals surface area contributed by atoms with E-state index in [1.807, 2.05) is 13.0 Å². The Morgan fingerprint density at radius 3 is 2.90 bits per heavy atom. The molecule has 0 fully saturated rings. The number of nitrogens with one attached hydrogen (secondary N) is 1. The number of rotatable bonds is 6. The molecular weight excluding hydrogens is 275 g/mol. The van der Waals surface area contributed by atoms with Gasteiger partial charge < -0.3 is 10.4 Å². The average molecular weight is 292 g/mol. The third-order valence-corrected chi connectivity index (χ3v) is 3.25. The third kappa shape index (κ3) is 3.85. The van der Waals surface area contributed by atoms with Crippen LogP contribution in [0.2, 0.25) is 0 Å². The maximum atomic E-state index is 13.5. The molecule has 1 aromatic carbocycles. The highest BCUT2D eigenvalue weighted by molar-refractivity contribution is 5.84. The molecule has 0 spiro atoms. The fourth-order valence-electron chi connectivity index (χ4n) is 1.90. The molecule has 0 aliphatic heterocycles. The van der Waals surface area contributed by atoms with Crippen LogP contribution in [0.25, 0.3) is 0 Å². The molecule has 0 bridgehead atoms. The van der Waals surface area contributed by atoms with Crippen molar-refractivity contribution in [2.75, 3.05) is 6.54 Å². The molecule has 1 unspecified atom stereocenters. The SMILES string of the molecule is Cc1ccc(C(C)NCCn2cc(C(=O)O)nn2)cc1F. The molecule has 1 heterocycles. The quantitative estimate of drug-likeness (QED) is 0.848. The lowest BCUT2D eigenvalue weighted by Crippen LogP contribution is -2.23. The molecule has 2 rings (SSSR count). The number of aryl methyl sites for hydroxylation is 1. The molecule has 1 aromatic heterocycles. The highest BCUT2D eigenvalue weighted by Gasteiger charge is 2.09. The maximum absolute atomic E-state index is 13.5. The molecule has 2 aromatic rings. The van der Waals surface area contributed by atoms with E-state index in [4.69, 9.17) is 5.11 Å². The van der Waals surface area contributed by atoms with Gasteiger partial charge in [0.1, 0.15) is 5.82 Å². The van der Waals surface area contributed by atoms with E-state index < -0.39 is 5.97 Å². The summed E-state index contributed by atoms with van der Waals surface area (Å²) in [5, 5.41) is 19.2. The number of nitrogens with zero attached hydrogens (tertiary/aromatic N) is 3. The number of carboxylic acids is 1. The first-order valence-corrected chi connectivity index (χ1v) is 6.60. The molecule has 0 aliphatic carbocycles. The van der Waals surface area contributed by atoms with E-state index in [0.29, 0.717) is 18.7 Å². The number of benzene rings is 1. The summed E-state index contributed by atoms with van der Waals surface area (Å²) in [5.74, 6) is -1.32. The van der Waals surface area contributed by atoms with Gasteiger partial charge in [-0.15, -0.1) is 5.10 Å². The molecule has 0 aliphatic rings. The first-order valence-electron chi connectivity index (χ1n) is 6.60. The largest absolute Gasteiger partial charge is 0.476 e. The molecule has 7 heteroatoms. The lowest BCUT2D eigenvalue weighted by Gasteiger charge is -2.14. The number of hydrogen-bond donors (Lipinski definition) is 2. The number of aromatic nitrogens is 3. The Hall–Kier alpha value is -2.28. The highest BCUT2D eigenvalue weighted by atomic mass is 19.1. The Morgan fingerprint density at radius 1 is 1.52 bits per heavy atom. The van der Waals surface area contributed by atoms with E-state index in [2.05, 4.69) is 15.6 Å². The highest BCUT2D eigenvalue weighted by Crippen LogP contribution is 2.15. The van der Waals surface area contributed by atoms with Crippen molar-refractivity contribution in [3.05, 3.63) is 47.0 Å². The van der Waals surface area contributed by atoms with E-state index in [1.165, 1.54) is 16.9 Å². The summed E-state index contributed by atoms with van der Waals surface area (Å²) in [6.45, 7) is 4.72. The monoisotopic (exact) mass is 292 g/mol. The Balaban J connectivity index is 1.87. The van der Waals surface area contributed by atoms with Crippen molar-refractivity contribution in [1.29, 1.82) is 0 Å². The first kappa shape index (κ1) is 15.1. The van der Waals surface area contributed by atoms with Crippen molar-refractivity contribution in [3.8, 4) is 0 Å². The lowest BCUT2D eigenvalue weighted by atomic mass is 10.1. The second-order valence-corrected chi connectivity index (χ2v) is 4.86. The van der Waals surface area contributed by atoms with E-state index in [9.17, 15) is 9.18 Å². The predicted octanol–water partition coefficient (Wildman–Crippen LogP) is 1.77. The average Bonchev–Trinajstić information content (AvgIpc) is 2.91. The molecule has 2 N–H and O–H groups in total. The van der Waals surface area contributed by atoms with Gasteiger partial charge in [-0.1, -0.05) is 17.3 Å². The summed E-state index contributed by atoms with van der Waals surface area (Å²) in [7, 11) is 0. The van der Waals surface area contributed by atoms with Crippen LogP contribution >= 0.6 is 0 Å². The topological polar surface area (TPSA) is 80.0 Å². The van der Waals surface area contributed by atoms with E-state index in [-0.39, 0.29) is 17.6 Å². The summed E-state index contributed by atoms with van der Waals surface area (Å²) in [6, 6.07) is 5.14. The van der Waals surface area contributed by atoms with Crippen LogP contribution in [0.5, 0.6) is 0 Å². The first-order chi connectivity index (χ1) is 9.97. The zero-order valence-corrected chi connectivity index (χ0v) is 11.9. The van der Waals surface area contributed by atoms with Crippen molar-refractivity contribution in [1.82, 2.24) is 20.3 Å². The van der Waals surface area contributed by atoms with Crippen molar-refractivity contribution < 1.29 is 14.3 Å². The molecule has 0 saturated heterocycles. The van der Waals surface area contributed by atoms with Crippen LogP contribution < -0.4 is 5.32 Å². The Morgan fingerprint density at radius 2 is 2.29 bits per heavy atom. The molecule has 0 saturated carbocycles. The summed E-state index contributed by atoms with van der Waals surface area (Å²) < 4.78 is 15.0. The van der Waals surface area contributed by atoms with Gasteiger partial charge in [-0.05, 0) is 31.0 Å². The molecule has 0 radical (unpaired) electrons. The van der Waals surface area contributed by atoms with Gasteiger partial charge in [0.05, 0.1) is 12.7 Å². The third-order valence-electron chi connectivity index (χ3n) is 3.25. The van der Waals surface area contributed by atoms with E-state index in [1.54, 1.807) is 13.0 Å². The van der Waals surface area contributed by atoms with Gasteiger partial charge in [0.15, 0.2) is 5.69 Å². The second kappa shape index (κ2) is 6.45. The lowest BCUT2D eigenvalue weighted by molar-refractivity contribution is 0.0690. The molecule has 1 atom stereocenters. The Bertz CT molecular complexity index is 642. The van der Waals surface area contributed by atoms with Crippen LogP contribution in [0.4, 0.5) is 4.39 Å². The summed E-state index contributed by atoms with van der Waals surface area (Å²) in [5.41, 5.74) is 1.40. The van der Waals surface area contributed by atoms with Gasteiger partial charge in [0.25, 0.3) is 0 Å². The number of hydrogen-bond acceptors (Lipinski definition) is 4. The normalized spacial score (nSPS) is 12.3. The van der Waals surface area contributed by atoms with Crippen LogP contribution in [0.1, 0.15) is 34.6 Å². The predicted molar refractivity (Wildman–Crippen MR) is 74.5 cm³/mol. The zero-order chi connectivity index (χ0) is 15.4. The van der Waals surface area contributed by atoms with Gasteiger partial charge in [-0.3, -0.25) is 4.68 Å². The zero-order valence-electron chi connectivity index (χ0n) is 11.9. The summed E-state index contributed by atoms with van der Waals surface area (Å²) in [6.07, 6.45) is 1.38. The van der Waals surface area contributed by atoms with E-state index >= 15 is 0 Å². The van der Waals surface area contributed by atoms with Gasteiger partial charge in [0, 0.05) is 12.6 Å². The van der Waals surface area contributed by atoms with Gasteiger partial charge in [-0.25, -0.2) is 9.18 Å². The number of aromatic carboxylic acids is 1. The van der Waals surface area contributed by atoms with E-state index in [0.717, 1.165) is 5.56 Å². The Kier molecular flexibility index (Phi) is 4.64. The van der Waals surface area contributed by atoms with Crippen molar-refractivity contribution in [3.63, 3.8) is 0 Å². The standard InChI is InChI=1S/C14H17FN4O2/c1-9-3-4-11(7-12(9)15)10(2)16-5-6-19-8-13(14(20)21)17-18-19/h3-4,7-8,10,16H,5-6H2,1-2H3,(H,20,21). The van der Waals surface area contributed by atoms with Crippen LogP contribution in [0.15, 0.2) is 24.4 Å². The molecule has 21 heavy (non-hydrogen) atoms. The molecule has 6 nitrogen and oxygen atoms in total. The number of carbonyl (C=O) groups is 1. The Labute approximate surface area is 121 Å². The fraction of sp³-hybridized carbons (Fsp3) is 0.357. The molecular formula is C14H17FN4O2. The van der Waals surface area contributed by atoms with Crippen molar-refractivity contribution in [2.45, 2.75) is 26.4 Å². The molecule has 112 valence electrons. The van der Waals surface area contributed by atoms with Gasteiger partial charge in [0.2, 0.25) is 0 Å². The smallest absolute Gasteiger partial charge is 0.358 e. The minimum absolute atomic E-state index is 0.0115. The summed E-state index contributed by atoms with van der Waals surface area (Å²) >= 11 is 0. The van der Waals surface area contributed by atoms with Gasteiger partial charge in [-0.2, -0.15) is 0 Å². The minimum atomic E-state index is -1.10. The number of carboxylic acid groups (broad SMARTS) is 1. The molecule has 0 amide bonds. The number of halogens is 1. The van der Waals surface area contributed by atoms with Crippen molar-refractivity contribution in [2.24, 2.45) is 0 Å². The van der Waals surface area contributed by atoms with Crippen LogP contribution in [-0.2, 0) is 6.54 Å².